The van der Waals surface area contributed by atoms with Gasteiger partial charge in [0.15, 0.2) is 0 Å². The molecule has 0 N–H and O–H groups in total. The fraction of sp³-hybridized carbons (Fsp3) is 0.222. The Balaban J connectivity index is 3.56. The van der Waals surface area contributed by atoms with E-state index in [9.17, 15) is 21.0 Å². The van der Waals surface area contributed by atoms with E-state index in [1.807, 2.05) is 0 Å². The minimum atomic E-state index is -9.89. The van der Waals surface area contributed by atoms with Gasteiger partial charge < -0.3 is 0 Å². The van der Waals surface area contributed by atoms with Gasteiger partial charge in [-0.3, -0.25) is 0 Å². The first-order valence-corrected chi connectivity index (χ1v) is 6.49. The van der Waals surface area contributed by atoms with E-state index >= 15 is 0 Å². The number of hydrogen-bond acceptors (Lipinski definition) is 0. The van der Waals surface area contributed by atoms with Gasteiger partial charge in [0.2, 0.25) is 0 Å². The summed E-state index contributed by atoms with van der Waals surface area (Å²) in [6.07, 6.45) is 0. The Labute approximate surface area is 89.3 Å². The number of rotatable bonds is 2. The van der Waals surface area contributed by atoms with Gasteiger partial charge in [0, 0.05) is 0 Å². The molecule has 1 aromatic rings. The molecule has 0 aliphatic carbocycles. The van der Waals surface area contributed by atoms with Crippen molar-refractivity contribution in [3.05, 3.63) is 35.9 Å². The second-order valence-corrected chi connectivity index (χ2v) is 6.19. The Morgan fingerprint density at radius 2 is 1.38 bits per heavy atom. The average Bonchev–Trinajstić information content (AvgIpc) is 1.99. The van der Waals surface area contributed by atoms with Crippen LogP contribution in [0, 0.1) is 0 Å². The van der Waals surface area contributed by atoms with Crippen molar-refractivity contribution in [2.45, 2.75) is 0 Å². The van der Waals surface area contributed by atoms with Crippen LogP contribution in [0.2, 0.25) is 0 Å². The maximum atomic E-state index is 12.8. The number of benzene rings is 1. The SMILES string of the molecule is C[N+](C)=C(c1ccccc1)[P-](F)(F)(F)(F)F. The van der Waals surface area contributed by atoms with Crippen LogP contribution in [0.3, 0.4) is 0 Å². The molecule has 0 fully saturated rings. The van der Waals surface area contributed by atoms with Gasteiger partial charge in [-0.05, 0) is 0 Å². The van der Waals surface area contributed by atoms with E-state index in [2.05, 4.69) is 0 Å². The van der Waals surface area contributed by atoms with Crippen LogP contribution in [0.1, 0.15) is 5.56 Å². The van der Waals surface area contributed by atoms with Crippen molar-refractivity contribution in [3.8, 4) is 0 Å². The van der Waals surface area contributed by atoms with Gasteiger partial charge in [-0.15, -0.1) is 0 Å². The minimum absolute atomic E-state index is 0.408. The molecule has 0 spiro atoms. The zero-order valence-electron chi connectivity index (χ0n) is 8.67. The Bertz CT molecular complexity index is 429. The second-order valence-electron chi connectivity index (χ2n) is 3.65. The van der Waals surface area contributed by atoms with Crippen LogP contribution >= 0.6 is 7.50 Å². The number of halogens is 5. The first-order chi connectivity index (χ1) is 6.91. The molecule has 0 aliphatic rings. The van der Waals surface area contributed by atoms with Crippen molar-refractivity contribution in [2.24, 2.45) is 0 Å². The number of hydrogen-bond donors (Lipinski definition) is 0. The van der Waals surface area contributed by atoms with Crippen molar-refractivity contribution in [3.63, 3.8) is 0 Å². The van der Waals surface area contributed by atoms with E-state index in [1.165, 1.54) is 18.2 Å². The summed E-state index contributed by atoms with van der Waals surface area (Å²) in [5.74, 6) is 0. The molecule has 0 atom stereocenters. The normalized spacial score (nSPS) is 16.2. The van der Waals surface area contributed by atoms with Gasteiger partial charge in [0.25, 0.3) is 0 Å². The van der Waals surface area contributed by atoms with E-state index in [0.717, 1.165) is 26.2 Å². The van der Waals surface area contributed by atoms with E-state index in [-0.39, 0.29) is 0 Å². The van der Waals surface area contributed by atoms with Gasteiger partial charge in [0.05, 0.1) is 0 Å². The predicted octanol–water partition coefficient (Wildman–Crippen LogP) is 4.22. The first kappa shape index (κ1) is 13.0. The Morgan fingerprint density at radius 3 is 1.69 bits per heavy atom. The molecule has 0 heterocycles. The molecule has 16 heavy (non-hydrogen) atoms. The Morgan fingerprint density at radius 1 is 0.938 bits per heavy atom. The molecule has 1 rings (SSSR count). The molecular weight excluding hydrogens is 248 g/mol. The zero-order valence-corrected chi connectivity index (χ0v) is 9.57. The topological polar surface area (TPSA) is 3.01 Å². The summed E-state index contributed by atoms with van der Waals surface area (Å²) < 4.78 is 64.2. The molecule has 0 radical (unpaired) electrons. The second kappa shape index (κ2) is 3.00. The third-order valence-electron chi connectivity index (χ3n) is 1.86. The molecule has 0 bridgehead atoms. The third-order valence-corrected chi connectivity index (χ3v) is 3.31. The van der Waals surface area contributed by atoms with Crippen molar-refractivity contribution < 1.29 is 25.6 Å². The molecule has 0 saturated heterocycles. The van der Waals surface area contributed by atoms with Crippen LogP contribution in [0.4, 0.5) is 21.0 Å². The molecule has 0 unspecified atom stereocenters. The monoisotopic (exact) mass is 259 g/mol. The van der Waals surface area contributed by atoms with Crippen LogP contribution in [0.25, 0.3) is 0 Å². The molecule has 0 saturated carbocycles. The molecule has 7 heteroatoms. The summed E-state index contributed by atoms with van der Waals surface area (Å²) in [5.41, 5.74) is -2.38. The predicted molar refractivity (Wildman–Crippen MR) is 55.1 cm³/mol. The van der Waals surface area contributed by atoms with E-state index in [0.29, 0.717) is 4.58 Å². The first-order valence-electron chi connectivity index (χ1n) is 4.35. The van der Waals surface area contributed by atoms with Crippen molar-refractivity contribution >= 4 is 13.0 Å². The van der Waals surface area contributed by atoms with E-state index < -0.39 is 18.5 Å². The van der Waals surface area contributed by atoms with Crippen molar-refractivity contribution in [1.82, 2.24) is 0 Å². The molecule has 1 nitrogen and oxygen atoms in total. The van der Waals surface area contributed by atoms with Gasteiger partial charge >= 0.3 is 88.5 Å². The fourth-order valence-corrected chi connectivity index (χ4v) is 2.86. The Hall–Kier alpha value is -1.03. The summed E-state index contributed by atoms with van der Waals surface area (Å²) in [7, 11) is -7.99. The molecule has 0 aliphatic heterocycles. The van der Waals surface area contributed by atoms with Crippen LogP contribution in [0.15, 0.2) is 30.3 Å². The molecule has 92 valence electrons. The Kier molecular flexibility index (Phi) is 2.45. The van der Waals surface area contributed by atoms with Crippen LogP contribution in [-0.2, 0) is 0 Å². The van der Waals surface area contributed by atoms with E-state index in [4.69, 9.17) is 0 Å². The van der Waals surface area contributed by atoms with Crippen LogP contribution in [0.5, 0.6) is 0 Å². The van der Waals surface area contributed by atoms with Crippen LogP contribution < -0.4 is 0 Å². The molecule has 0 amide bonds. The van der Waals surface area contributed by atoms with Crippen molar-refractivity contribution in [2.75, 3.05) is 14.1 Å². The summed E-state index contributed by atoms with van der Waals surface area (Å²) in [6, 6.07) is 6.05. The molecule has 1 aromatic carbocycles. The summed E-state index contributed by atoms with van der Waals surface area (Å²) in [4.78, 5) is 0. The van der Waals surface area contributed by atoms with E-state index in [1.54, 1.807) is 0 Å². The standard InChI is InChI=1S/C9H11F5NP/c1-15(2)9(16(10,11,12,13)14)8-6-4-3-5-7-8/h3-7H,1-2H3. The van der Waals surface area contributed by atoms with Crippen molar-refractivity contribution in [1.29, 1.82) is 0 Å². The summed E-state index contributed by atoms with van der Waals surface area (Å²) in [5, 5.41) is 0. The molecule has 0 aromatic heterocycles. The number of nitrogens with zero attached hydrogens (tertiary/aromatic N) is 1. The van der Waals surface area contributed by atoms with Gasteiger partial charge in [-0.25, -0.2) is 0 Å². The fourth-order valence-electron chi connectivity index (χ4n) is 1.47. The summed E-state index contributed by atoms with van der Waals surface area (Å²) >= 11 is 0. The maximum absolute atomic E-state index is 12.8. The average molecular weight is 259 g/mol. The quantitative estimate of drug-likeness (QED) is 0.324. The summed E-state index contributed by atoms with van der Waals surface area (Å²) in [6.45, 7) is 0. The van der Waals surface area contributed by atoms with Gasteiger partial charge in [0.1, 0.15) is 0 Å². The van der Waals surface area contributed by atoms with Crippen LogP contribution in [-0.4, -0.2) is 24.1 Å². The third kappa shape index (κ3) is 2.98. The zero-order chi connectivity index (χ0) is 12.7. The van der Waals surface area contributed by atoms with Gasteiger partial charge in [-0.2, -0.15) is 0 Å². The van der Waals surface area contributed by atoms with Gasteiger partial charge in [-0.1, -0.05) is 0 Å². The molecular formula is C9H11F5NP.